The number of rotatable bonds is 2. The first-order valence-electron chi connectivity index (χ1n) is 5.02. The van der Waals surface area contributed by atoms with Crippen LogP contribution in [0.4, 0.5) is 0 Å². The van der Waals surface area contributed by atoms with Crippen LogP contribution >= 0.6 is 37.2 Å². The molecule has 0 bridgehead atoms. The van der Waals surface area contributed by atoms with Gasteiger partial charge in [0.25, 0.3) is 0 Å². The van der Waals surface area contributed by atoms with Crippen molar-refractivity contribution in [3.05, 3.63) is 41.5 Å². The van der Waals surface area contributed by atoms with Crippen molar-refractivity contribution in [2.24, 2.45) is 0 Å². The molecule has 0 N–H and O–H groups in total. The van der Waals surface area contributed by atoms with Crippen molar-refractivity contribution in [3.63, 3.8) is 0 Å². The van der Waals surface area contributed by atoms with Gasteiger partial charge in [0.1, 0.15) is 0 Å². The van der Waals surface area contributed by atoms with Crippen LogP contribution in [-0.2, 0) is 34.6 Å². The smallest absolute Gasteiger partial charge is 0 e. The molecule has 0 aromatic heterocycles. The van der Waals surface area contributed by atoms with E-state index < -0.39 is 0 Å². The fourth-order valence-corrected chi connectivity index (χ4v) is 1.89. The van der Waals surface area contributed by atoms with Gasteiger partial charge in [-0.3, -0.25) is 0 Å². The number of fused-ring (bicyclic) bond motifs is 1. The van der Waals surface area contributed by atoms with E-state index in [0.29, 0.717) is 0 Å². The van der Waals surface area contributed by atoms with E-state index in [1.54, 1.807) is 0 Å². The zero-order valence-electron chi connectivity index (χ0n) is 10.0. The normalized spacial score (nSPS) is 8.35. The van der Waals surface area contributed by atoms with E-state index in [1.165, 1.54) is 21.9 Å². The minimum Gasteiger partial charge on any atom is -0.168 e. The van der Waals surface area contributed by atoms with Gasteiger partial charge in [0.05, 0.1) is 0 Å². The molecule has 0 nitrogen and oxygen atoms in total. The summed E-state index contributed by atoms with van der Waals surface area (Å²) in [4.78, 5) is 0. The molecule has 17 heavy (non-hydrogen) atoms. The molecule has 0 spiro atoms. The summed E-state index contributed by atoms with van der Waals surface area (Å²) in [6.45, 7) is 4.44. The number of hydrogen-bond donors (Lipinski definition) is 0. The summed E-state index contributed by atoms with van der Waals surface area (Å²) in [5.41, 5.74) is 2.94. The fourth-order valence-electron chi connectivity index (χ4n) is 1.89. The van der Waals surface area contributed by atoms with Crippen molar-refractivity contribution < 1.29 is 21.7 Å². The van der Waals surface area contributed by atoms with Crippen LogP contribution in [0.2, 0.25) is 0 Å². The molecule has 0 heterocycles. The molecular formula is C13H18Cl3Ti-. The van der Waals surface area contributed by atoms with E-state index >= 15 is 0 Å². The second kappa shape index (κ2) is 10.3. The molecule has 0 fully saturated rings. The Kier molecular flexibility index (Phi) is 13.7. The van der Waals surface area contributed by atoms with Gasteiger partial charge in [-0.05, 0) is 12.8 Å². The third-order valence-electron chi connectivity index (χ3n) is 2.69. The Labute approximate surface area is 137 Å². The Bertz CT molecular complexity index is 424. The second-order valence-electron chi connectivity index (χ2n) is 3.49. The number of halogens is 3. The number of aryl methyl sites for hydroxylation is 2. The minimum atomic E-state index is 0. The summed E-state index contributed by atoms with van der Waals surface area (Å²) in [7, 11) is 0. The summed E-state index contributed by atoms with van der Waals surface area (Å²) in [6.07, 6.45) is 2.27. The molecule has 0 aliphatic rings. The predicted octanol–water partition coefficient (Wildman–Crippen LogP) is 4.95. The Morgan fingerprint density at radius 3 is 2.18 bits per heavy atom. The molecule has 2 aromatic rings. The van der Waals surface area contributed by atoms with E-state index in [0.717, 1.165) is 12.8 Å². The van der Waals surface area contributed by atoms with Crippen LogP contribution in [0.3, 0.4) is 0 Å². The van der Waals surface area contributed by atoms with Crippen molar-refractivity contribution in [1.82, 2.24) is 0 Å². The van der Waals surface area contributed by atoms with E-state index in [1.807, 2.05) is 0 Å². The molecule has 0 amide bonds. The van der Waals surface area contributed by atoms with E-state index in [4.69, 9.17) is 0 Å². The third-order valence-corrected chi connectivity index (χ3v) is 2.69. The number of benzene rings is 1. The van der Waals surface area contributed by atoms with Crippen molar-refractivity contribution in [3.8, 4) is 0 Å². The van der Waals surface area contributed by atoms with Crippen molar-refractivity contribution in [1.29, 1.82) is 0 Å². The van der Waals surface area contributed by atoms with Gasteiger partial charge in [0.15, 0.2) is 0 Å². The molecule has 2 rings (SSSR count). The van der Waals surface area contributed by atoms with Gasteiger partial charge in [-0.1, -0.05) is 31.0 Å². The van der Waals surface area contributed by atoms with Crippen LogP contribution in [0.5, 0.6) is 0 Å². The quantitative estimate of drug-likeness (QED) is 0.541. The summed E-state index contributed by atoms with van der Waals surface area (Å²) in [5.74, 6) is 0. The van der Waals surface area contributed by atoms with Crippen LogP contribution < -0.4 is 0 Å². The third kappa shape index (κ3) is 4.89. The maximum absolute atomic E-state index is 2.34. The Morgan fingerprint density at radius 1 is 1.00 bits per heavy atom. The molecule has 0 aliphatic heterocycles. The van der Waals surface area contributed by atoms with Gasteiger partial charge >= 0.3 is 0 Å². The first kappa shape index (κ1) is 22.6. The zero-order valence-corrected chi connectivity index (χ0v) is 14.0. The summed E-state index contributed by atoms with van der Waals surface area (Å²) in [5, 5.41) is 2.83. The zero-order chi connectivity index (χ0) is 9.26. The maximum Gasteiger partial charge on any atom is 0 e. The molecule has 96 valence electrons. The Morgan fingerprint density at radius 2 is 1.65 bits per heavy atom. The molecule has 0 aliphatic carbocycles. The SMILES string of the molecule is CCc1cc(CC)c2cc[cH-]c2c1.Cl.Cl.Cl.[Ti]. The largest absolute Gasteiger partial charge is 0.168 e. The van der Waals surface area contributed by atoms with Crippen molar-refractivity contribution in [2.45, 2.75) is 26.7 Å². The summed E-state index contributed by atoms with van der Waals surface area (Å²) < 4.78 is 0. The summed E-state index contributed by atoms with van der Waals surface area (Å²) >= 11 is 0. The molecule has 0 saturated heterocycles. The molecule has 2 aromatic carbocycles. The first-order chi connectivity index (χ1) is 6.35. The average molecular weight is 329 g/mol. The first-order valence-corrected chi connectivity index (χ1v) is 5.02. The monoisotopic (exact) mass is 327 g/mol. The van der Waals surface area contributed by atoms with Crippen LogP contribution in [-0.4, -0.2) is 0 Å². The Balaban J connectivity index is -0.000000490. The average Bonchev–Trinajstić information content (AvgIpc) is 2.63. The van der Waals surface area contributed by atoms with Gasteiger partial charge in [0, 0.05) is 21.7 Å². The summed E-state index contributed by atoms with van der Waals surface area (Å²) in [6, 6.07) is 11.2. The van der Waals surface area contributed by atoms with Crippen LogP contribution in [0, 0.1) is 0 Å². The molecule has 4 heteroatoms. The fraction of sp³-hybridized carbons (Fsp3) is 0.308. The second-order valence-corrected chi connectivity index (χ2v) is 3.49. The van der Waals surface area contributed by atoms with Crippen LogP contribution in [0.1, 0.15) is 25.0 Å². The van der Waals surface area contributed by atoms with Gasteiger partial charge in [-0.2, -0.15) is 12.1 Å². The van der Waals surface area contributed by atoms with Crippen LogP contribution in [0.15, 0.2) is 30.3 Å². The topological polar surface area (TPSA) is 0 Å². The van der Waals surface area contributed by atoms with Gasteiger partial charge < -0.3 is 0 Å². The van der Waals surface area contributed by atoms with Crippen molar-refractivity contribution in [2.75, 3.05) is 0 Å². The van der Waals surface area contributed by atoms with E-state index in [9.17, 15) is 0 Å². The Hall–Kier alpha value is 0.414. The molecule has 0 unspecified atom stereocenters. The standard InChI is InChI=1S/C13H15.3ClH.Ti/c1-3-10-8-11(4-2)13-7-5-6-12(13)9-10;;;;/h5-9H,3-4H2,1-2H3;3*1H;/q-1;;;;. The molecule has 0 saturated carbocycles. The van der Waals surface area contributed by atoms with Gasteiger partial charge in [-0.25, -0.2) is 0 Å². The predicted molar refractivity (Wildman–Crippen MR) is 80.0 cm³/mol. The van der Waals surface area contributed by atoms with E-state index in [2.05, 4.69) is 44.2 Å². The minimum absolute atomic E-state index is 0. The van der Waals surface area contributed by atoms with Crippen molar-refractivity contribution >= 4 is 48.0 Å². The van der Waals surface area contributed by atoms with Gasteiger partial charge in [0.2, 0.25) is 0 Å². The molecule has 0 atom stereocenters. The van der Waals surface area contributed by atoms with Gasteiger partial charge in [-0.15, -0.1) is 60.1 Å². The molecular weight excluding hydrogens is 310 g/mol. The van der Waals surface area contributed by atoms with E-state index in [-0.39, 0.29) is 58.9 Å². The maximum atomic E-state index is 2.34. The van der Waals surface area contributed by atoms with Crippen LogP contribution in [0.25, 0.3) is 10.8 Å². The molecule has 0 radical (unpaired) electrons. The number of hydrogen-bond acceptors (Lipinski definition) is 0.